The molecule has 4 amide bonds. The summed E-state index contributed by atoms with van der Waals surface area (Å²) in [5.74, 6) is -0.300. The Kier molecular flexibility index (Phi) is 8.25. The maximum atomic E-state index is 13.0. The van der Waals surface area contributed by atoms with Crippen molar-refractivity contribution in [3.8, 4) is 0 Å². The second-order valence-electron chi connectivity index (χ2n) is 8.33. The molecule has 1 heterocycles. The largest absolute Gasteiger partial charge is 0.344 e. The molecule has 0 saturated carbocycles. The minimum absolute atomic E-state index is 0.0296. The molecule has 1 atom stereocenters. The summed E-state index contributed by atoms with van der Waals surface area (Å²) in [5, 5.41) is 5.57. The number of nitrogens with zero attached hydrogens (tertiary/aromatic N) is 2. The topological polar surface area (TPSA) is 81.8 Å². The summed E-state index contributed by atoms with van der Waals surface area (Å²) < 4.78 is 0. The lowest BCUT2D eigenvalue weighted by molar-refractivity contribution is -0.140. The molecule has 1 aliphatic heterocycles. The van der Waals surface area contributed by atoms with Crippen LogP contribution in [0.5, 0.6) is 0 Å². The van der Waals surface area contributed by atoms with Gasteiger partial charge in [0, 0.05) is 25.8 Å². The third-order valence-electron chi connectivity index (χ3n) is 5.69. The highest BCUT2D eigenvalue weighted by molar-refractivity contribution is 5.94. The van der Waals surface area contributed by atoms with E-state index in [1.165, 1.54) is 5.56 Å². The highest BCUT2D eigenvalue weighted by atomic mass is 16.2. The molecule has 3 rings (SSSR count). The first-order chi connectivity index (χ1) is 15.4. The molecule has 1 saturated heterocycles. The van der Waals surface area contributed by atoms with Gasteiger partial charge in [0.15, 0.2) is 0 Å². The molecule has 2 aromatic carbocycles. The van der Waals surface area contributed by atoms with Gasteiger partial charge in [-0.15, -0.1) is 0 Å². The average Bonchev–Trinajstić information content (AvgIpc) is 2.94. The second kappa shape index (κ2) is 11.3. The third kappa shape index (κ3) is 6.83. The number of aryl methyl sites for hydroxylation is 1. The summed E-state index contributed by atoms with van der Waals surface area (Å²) >= 11 is 0. The van der Waals surface area contributed by atoms with E-state index >= 15 is 0 Å². The Morgan fingerprint density at radius 3 is 2.62 bits per heavy atom. The number of carbonyl (C=O) groups is 3. The van der Waals surface area contributed by atoms with Crippen molar-refractivity contribution in [1.29, 1.82) is 0 Å². The fourth-order valence-corrected chi connectivity index (χ4v) is 3.79. The van der Waals surface area contributed by atoms with Gasteiger partial charge in [0.2, 0.25) is 11.8 Å². The predicted molar refractivity (Wildman–Crippen MR) is 125 cm³/mol. The minimum atomic E-state index is -0.635. The van der Waals surface area contributed by atoms with Gasteiger partial charge in [0.05, 0.1) is 6.54 Å². The van der Waals surface area contributed by atoms with E-state index in [2.05, 4.69) is 10.6 Å². The summed E-state index contributed by atoms with van der Waals surface area (Å²) in [7, 11) is 1.76. The van der Waals surface area contributed by atoms with Gasteiger partial charge in [0.25, 0.3) is 0 Å². The second-order valence-corrected chi connectivity index (χ2v) is 8.33. The van der Waals surface area contributed by atoms with Crippen molar-refractivity contribution >= 4 is 23.5 Å². The zero-order valence-corrected chi connectivity index (χ0v) is 18.8. The number of rotatable bonds is 7. The maximum absolute atomic E-state index is 13.0. The van der Waals surface area contributed by atoms with Gasteiger partial charge in [-0.05, 0) is 55.9 Å². The minimum Gasteiger partial charge on any atom is -0.344 e. The van der Waals surface area contributed by atoms with E-state index < -0.39 is 12.1 Å². The molecule has 7 heteroatoms. The van der Waals surface area contributed by atoms with Crippen LogP contribution in [0.15, 0.2) is 54.6 Å². The molecule has 0 radical (unpaired) electrons. The molecular formula is C25H32N4O3. The molecule has 1 fully saturated rings. The van der Waals surface area contributed by atoms with Crippen LogP contribution in [0.1, 0.15) is 30.4 Å². The Hall–Kier alpha value is -3.35. The van der Waals surface area contributed by atoms with Gasteiger partial charge in [-0.2, -0.15) is 0 Å². The van der Waals surface area contributed by atoms with Crippen LogP contribution >= 0.6 is 0 Å². The van der Waals surface area contributed by atoms with E-state index in [1.54, 1.807) is 22.9 Å². The first-order valence-corrected chi connectivity index (χ1v) is 11.1. The lowest BCUT2D eigenvalue weighted by Gasteiger charge is -2.27. The van der Waals surface area contributed by atoms with Crippen molar-refractivity contribution in [3.05, 3.63) is 65.7 Å². The van der Waals surface area contributed by atoms with Gasteiger partial charge in [-0.1, -0.05) is 42.5 Å². The monoisotopic (exact) mass is 436 g/mol. The maximum Gasteiger partial charge on any atom is 0.319 e. The molecule has 1 unspecified atom stereocenters. The van der Waals surface area contributed by atoms with Crippen LogP contribution in [0, 0.1) is 6.92 Å². The predicted octanol–water partition coefficient (Wildman–Crippen LogP) is 3.20. The van der Waals surface area contributed by atoms with Gasteiger partial charge >= 0.3 is 6.03 Å². The summed E-state index contributed by atoms with van der Waals surface area (Å²) in [4.78, 5) is 41.4. The van der Waals surface area contributed by atoms with Gasteiger partial charge in [-0.25, -0.2) is 4.79 Å². The zero-order chi connectivity index (χ0) is 22.9. The molecule has 0 spiro atoms. The van der Waals surface area contributed by atoms with Crippen LogP contribution < -0.4 is 10.6 Å². The van der Waals surface area contributed by atoms with Crippen molar-refractivity contribution in [3.63, 3.8) is 0 Å². The number of hydrogen-bond donors (Lipinski definition) is 2. The van der Waals surface area contributed by atoms with Crippen molar-refractivity contribution in [2.24, 2.45) is 0 Å². The Balaban J connectivity index is 1.53. The summed E-state index contributed by atoms with van der Waals surface area (Å²) in [6.07, 6.45) is 2.95. The van der Waals surface area contributed by atoms with Crippen molar-refractivity contribution < 1.29 is 14.4 Å². The lowest BCUT2D eigenvalue weighted by Crippen LogP contribution is -2.51. The van der Waals surface area contributed by atoms with Crippen LogP contribution in [-0.4, -0.2) is 60.4 Å². The lowest BCUT2D eigenvalue weighted by atomic mass is 10.1. The summed E-state index contributed by atoms with van der Waals surface area (Å²) in [6.45, 7) is 3.09. The smallest absolute Gasteiger partial charge is 0.319 e. The Morgan fingerprint density at radius 2 is 1.88 bits per heavy atom. The highest BCUT2D eigenvalue weighted by Crippen LogP contribution is 2.14. The van der Waals surface area contributed by atoms with Gasteiger partial charge in [0.1, 0.15) is 6.04 Å². The normalized spacial score (nSPS) is 16.2. The Labute approximate surface area is 189 Å². The molecule has 32 heavy (non-hydrogen) atoms. The van der Waals surface area contributed by atoms with E-state index in [-0.39, 0.29) is 18.4 Å². The van der Waals surface area contributed by atoms with Crippen LogP contribution in [0.2, 0.25) is 0 Å². The van der Waals surface area contributed by atoms with Gasteiger partial charge in [-0.3, -0.25) is 9.59 Å². The SMILES string of the molecule is Cc1cccc(NC(=O)NC2CCCCN(CC(=O)N(C)CCc3ccccc3)C2=O)c1. The number of amides is 4. The molecule has 0 aromatic heterocycles. The molecule has 1 aliphatic rings. The summed E-state index contributed by atoms with van der Waals surface area (Å²) in [6, 6.07) is 16.4. The number of hydrogen-bond acceptors (Lipinski definition) is 3. The Morgan fingerprint density at radius 1 is 1.09 bits per heavy atom. The fraction of sp³-hybridized carbons (Fsp3) is 0.400. The standard InChI is InChI=1S/C25H32N4O3/c1-19-9-8-12-21(17-19)26-25(32)27-22-13-6-7-15-29(24(22)31)18-23(30)28(2)16-14-20-10-4-3-5-11-20/h3-5,8-12,17,22H,6-7,13-16,18H2,1-2H3,(H2,26,27,32). The van der Waals surface area contributed by atoms with E-state index in [9.17, 15) is 14.4 Å². The van der Waals surface area contributed by atoms with E-state index in [0.717, 1.165) is 24.8 Å². The quantitative estimate of drug-likeness (QED) is 0.699. The van der Waals surface area contributed by atoms with Crippen molar-refractivity contribution in [1.82, 2.24) is 15.1 Å². The molecular weight excluding hydrogens is 404 g/mol. The van der Waals surface area contributed by atoms with Crippen LogP contribution in [0.4, 0.5) is 10.5 Å². The number of nitrogens with one attached hydrogen (secondary N) is 2. The number of anilines is 1. The first kappa shape index (κ1) is 23.3. The molecule has 7 nitrogen and oxygen atoms in total. The van der Waals surface area contributed by atoms with Crippen LogP contribution in [0.3, 0.4) is 0 Å². The number of urea groups is 1. The van der Waals surface area contributed by atoms with Crippen molar-refractivity contribution in [2.45, 2.75) is 38.6 Å². The van der Waals surface area contributed by atoms with E-state index in [4.69, 9.17) is 0 Å². The van der Waals surface area contributed by atoms with Gasteiger partial charge < -0.3 is 20.4 Å². The number of likely N-dealkylation sites (N-methyl/N-ethyl adjacent to an activating group) is 1. The zero-order valence-electron chi connectivity index (χ0n) is 18.8. The van der Waals surface area contributed by atoms with E-state index in [1.807, 2.05) is 55.5 Å². The van der Waals surface area contributed by atoms with Crippen molar-refractivity contribution in [2.75, 3.05) is 32.0 Å². The van der Waals surface area contributed by atoms with Crippen LogP contribution in [-0.2, 0) is 16.0 Å². The molecule has 2 N–H and O–H groups in total. The molecule has 0 aliphatic carbocycles. The first-order valence-electron chi connectivity index (χ1n) is 11.1. The Bertz CT molecular complexity index is 932. The van der Waals surface area contributed by atoms with Crippen LogP contribution in [0.25, 0.3) is 0 Å². The average molecular weight is 437 g/mol. The molecule has 2 aromatic rings. The van der Waals surface area contributed by atoms with E-state index in [0.29, 0.717) is 25.2 Å². The third-order valence-corrected chi connectivity index (χ3v) is 5.69. The number of benzene rings is 2. The molecule has 170 valence electrons. The molecule has 0 bridgehead atoms. The highest BCUT2D eigenvalue weighted by Gasteiger charge is 2.30. The number of likely N-dealkylation sites (tertiary alicyclic amines) is 1. The number of carbonyl (C=O) groups excluding carboxylic acids is 3. The fourth-order valence-electron chi connectivity index (χ4n) is 3.79. The summed E-state index contributed by atoms with van der Waals surface area (Å²) in [5.41, 5.74) is 2.88.